The zero-order valence-corrected chi connectivity index (χ0v) is 10.2. The Bertz CT molecular complexity index is 429. The largest absolute Gasteiger partial charge is 0.489 e. The van der Waals surface area contributed by atoms with Gasteiger partial charge < -0.3 is 19.5 Å². The van der Waals surface area contributed by atoms with E-state index in [4.69, 9.17) is 14.2 Å². The lowest BCUT2D eigenvalue weighted by molar-refractivity contribution is 0.174. The molecule has 1 aromatic rings. The smallest absolute Gasteiger partial charge is 0.231 e. The van der Waals surface area contributed by atoms with Crippen molar-refractivity contribution in [1.82, 2.24) is 5.32 Å². The second-order valence-electron chi connectivity index (χ2n) is 4.09. The lowest BCUT2D eigenvalue weighted by Crippen LogP contribution is -2.08. The highest BCUT2D eigenvalue weighted by atomic mass is 16.7. The van der Waals surface area contributed by atoms with Crippen LogP contribution in [-0.2, 0) is 6.54 Å². The van der Waals surface area contributed by atoms with E-state index in [9.17, 15) is 0 Å². The van der Waals surface area contributed by atoms with E-state index in [1.54, 1.807) is 0 Å². The Morgan fingerprint density at radius 1 is 1.41 bits per heavy atom. The van der Waals surface area contributed by atoms with Gasteiger partial charge in [-0.25, -0.2) is 0 Å². The maximum absolute atomic E-state index is 5.70. The van der Waals surface area contributed by atoms with Gasteiger partial charge in [0.15, 0.2) is 11.5 Å². The standard InChI is InChI=1S/C13H17NO3/c1-9(2)7-15-11-5-13-12(16-8-17-13)4-10(11)6-14-3/h4-5,14H,1,6-8H2,2-3H3. The molecule has 1 N–H and O–H groups in total. The van der Waals surface area contributed by atoms with Crippen LogP contribution in [0.1, 0.15) is 12.5 Å². The third kappa shape index (κ3) is 2.71. The minimum atomic E-state index is 0.276. The molecule has 0 unspecified atom stereocenters. The number of ether oxygens (including phenoxy) is 3. The minimum absolute atomic E-state index is 0.276. The van der Waals surface area contributed by atoms with E-state index >= 15 is 0 Å². The van der Waals surface area contributed by atoms with Gasteiger partial charge in [-0.3, -0.25) is 0 Å². The Labute approximate surface area is 101 Å². The maximum atomic E-state index is 5.70. The zero-order chi connectivity index (χ0) is 12.3. The lowest BCUT2D eigenvalue weighted by Gasteiger charge is -2.12. The van der Waals surface area contributed by atoms with E-state index in [1.165, 1.54) is 0 Å². The second-order valence-corrected chi connectivity index (χ2v) is 4.09. The monoisotopic (exact) mass is 235 g/mol. The summed E-state index contributed by atoms with van der Waals surface area (Å²) in [6.07, 6.45) is 0. The third-order valence-electron chi connectivity index (χ3n) is 2.40. The Morgan fingerprint density at radius 2 is 2.12 bits per heavy atom. The molecule has 1 aliphatic rings. The summed E-state index contributed by atoms with van der Waals surface area (Å²) in [7, 11) is 1.90. The molecular weight excluding hydrogens is 218 g/mol. The van der Waals surface area contributed by atoms with E-state index in [2.05, 4.69) is 11.9 Å². The Kier molecular flexibility index (Phi) is 3.54. The fourth-order valence-electron chi connectivity index (χ4n) is 1.63. The maximum Gasteiger partial charge on any atom is 0.231 e. The van der Waals surface area contributed by atoms with Crippen LogP contribution < -0.4 is 19.5 Å². The molecule has 4 nitrogen and oxygen atoms in total. The summed E-state index contributed by atoms with van der Waals surface area (Å²) in [6, 6.07) is 3.82. The third-order valence-corrected chi connectivity index (χ3v) is 2.40. The van der Waals surface area contributed by atoms with Crippen molar-refractivity contribution in [3.05, 3.63) is 29.8 Å². The van der Waals surface area contributed by atoms with Gasteiger partial charge in [-0.15, -0.1) is 0 Å². The number of rotatable bonds is 5. The van der Waals surface area contributed by atoms with Crippen molar-refractivity contribution in [2.24, 2.45) is 0 Å². The highest BCUT2D eigenvalue weighted by Gasteiger charge is 2.17. The Morgan fingerprint density at radius 3 is 2.76 bits per heavy atom. The predicted octanol–water partition coefficient (Wildman–Crippen LogP) is 2.09. The van der Waals surface area contributed by atoms with Crippen molar-refractivity contribution in [3.8, 4) is 17.2 Å². The molecule has 0 fully saturated rings. The van der Waals surface area contributed by atoms with E-state index < -0.39 is 0 Å². The molecule has 0 spiro atoms. The van der Waals surface area contributed by atoms with Crippen molar-refractivity contribution in [2.75, 3.05) is 20.4 Å². The second kappa shape index (κ2) is 5.10. The fourth-order valence-corrected chi connectivity index (χ4v) is 1.63. The molecule has 4 heteroatoms. The molecule has 1 heterocycles. The van der Waals surface area contributed by atoms with Gasteiger partial charge in [0.2, 0.25) is 6.79 Å². The van der Waals surface area contributed by atoms with Crippen molar-refractivity contribution < 1.29 is 14.2 Å². The topological polar surface area (TPSA) is 39.7 Å². The molecule has 17 heavy (non-hydrogen) atoms. The molecule has 0 atom stereocenters. The quantitative estimate of drug-likeness (QED) is 0.793. The average Bonchev–Trinajstić information content (AvgIpc) is 2.73. The Hall–Kier alpha value is -1.68. The summed E-state index contributed by atoms with van der Waals surface area (Å²) in [5, 5.41) is 3.10. The van der Waals surface area contributed by atoms with Gasteiger partial charge >= 0.3 is 0 Å². The Balaban J connectivity index is 2.24. The van der Waals surface area contributed by atoms with Crippen LogP contribution in [0.4, 0.5) is 0 Å². The molecule has 0 saturated carbocycles. The summed E-state index contributed by atoms with van der Waals surface area (Å²) in [5.74, 6) is 2.33. The van der Waals surface area contributed by atoms with Crippen molar-refractivity contribution in [2.45, 2.75) is 13.5 Å². The molecule has 2 rings (SSSR count). The first-order valence-electron chi connectivity index (χ1n) is 5.55. The minimum Gasteiger partial charge on any atom is -0.489 e. The zero-order valence-electron chi connectivity index (χ0n) is 10.2. The summed E-state index contributed by atoms with van der Waals surface area (Å²) >= 11 is 0. The summed E-state index contributed by atoms with van der Waals surface area (Å²) in [5.41, 5.74) is 2.04. The van der Waals surface area contributed by atoms with E-state index in [0.717, 1.165) is 34.9 Å². The summed E-state index contributed by atoms with van der Waals surface area (Å²) in [4.78, 5) is 0. The van der Waals surface area contributed by atoms with Gasteiger partial charge in [0.25, 0.3) is 0 Å². The fraction of sp³-hybridized carbons (Fsp3) is 0.385. The van der Waals surface area contributed by atoms with Crippen LogP contribution in [0.5, 0.6) is 17.2 Å². The average molecular weight is 235 g/mol. The van der Waals surface area contributed by atoms with Gasteiger partial charge in [-0.1, -0.05) is 6.58 Å². The number of nitrogens with one attached hydrogen (secondary N) is 1. The van der Waals surface area contributed by atoms with Gasteiger partial charge in [-0.2, -0.15) is 0 Å². The molecule has 1 aliphatic heterocycles. The first kappa shape index (κ1) is 11.8. The first-order valence-corrected chi connectivity index (χ1v) is 5.55. The van der Waals surface area contributed by atoms with E-state index in [0.29, 0.717) is 6.61 Å². The van der Waals surface area contributed by atoms with Gasteiger partial charge in [0, 0.05) is 18.2 Å². The van der Waals surface area contributed by atoms with Gasteiger partial charge in [0.1, 0.15) is 12.4 Å². The number of benzene rings is 1. The van der Waals surface area contributed by atoms with Gasteiger partial charge in [-0.05, 0) is 25.6 Å². The first-order chi connectivity index (χ1) is 8.20. The van der Waals surface area contributed by atoms with Crippen LogP contribution in [0.2, 0.25) is 0 Å². The molecule has 0 amide bonds. The molecule has 0 aromatic heterocycles. The predicted molar refractivity (Wildman–Crippen MR) is 65.6 cm³/mol. The van der Waals surface area contributed by atoms with E-state index in [1.807, 2.05) is 26.1 Å². The number of hydrogen-bond acceptors (Lipinski definition) is 4. The van der Waals surface area contributed by atoms with Crippen LogP contribution in [-0.4, -0.2) is 20.4 Å². The molecular formula is C13H17NO3. The van der Waals surface area contributed by atoms with Crippen LogP contribution in [0.25, 0.3) is 0 Å². The molecule has 0 bridgehead atoms. The van der Waals surface area contributed by atoms with Crippen molar-refractivity contribution in [1.29, 1.82) is 0 Å². The highest BCUT2D eigenvalue weighted by Crippen LogP contribution is 2.38. The van der Waals surface area contributed by atoms with Crippen LogP contribution in [0.15, 0.2) is 24.3 Å². The summed E-state index contributed by atoms with van der Waals surface area (Å²) in [6.45, 7) is 7.27. The van der Waals surface area contributed by atoms with Gasteiger partial charge in [0.05, 0.1) is 0 Å². The van der Waals surface area contributed by atoms with Crippen LogP contribution in [0, 0.1) is 0 Å². The highest BCUT2D eigenvalue weighted by molar-refractivity contribution is 5.51. The molecule has 0 radical (unpaired) electrons. The SMILES string of the molecule is C=C(C)COc1cc2c(cc1CNC)OCO2. The number of hydrogen-bond donors (Lipinski definition) is 1. The summed E-state index contributed by atoms with van der Waals surface area (Å²) < 4.78 is 16.4. The normalized spacial score (nSPS) is 12.6. The molecule has 0 saturated heterocycles. The van der Waals surface area contributed by atoms with Crippen molar-refractivity contribution >= 4 is 0 Å². The van der Waals surface area contributed by atoms with Crippen molar-refractivity contribution in [3.63, 3.8) is 0 Å². The molecule has 0 aliphatic carbocycles. The van der Waals surface area contributed by atoms with Crippen LogP contribution in [0.3, 0.4) is 0 Å². The molecule has 1 aromatic carbocycles. The molecule has 92 valence electrons. The van der Waals surface area contributed by atoms with E-state index in [-0.39, 0.29) is 6.79 Å². The van der Waals surface area contributed by atoms with Crippen LogP contribution >= 0.6 is 0 Å². The number of fused-ring (bicyclic) bond motifs is 1. The lowest BCUT2D eigenvalue weighted by atomic mass is 10.1.